The summed E-state index contributed by atoms with van der Waals surface area (Å²) < 4.78 is 10.4. The summed E-state index contributed by atoms with van der Waals surface area (Å²) in [5.74, 6) is -0.211. The first-order valence-corrected chi connectivity index (χ1v) is 10.1. The molecule has 0 saturated carbocycles. The van der Waals surface area contributed by atoms with Gasteiger partial charge in [0.2, 0.25) is 0 Å². The molecule has 1 atom stereocenters. The molecule has 0 amide bonds. The van der Waals surface area contributed by atoms with E-state index >= 15 is 0 Å². The Morgan fingerprint density at radius 1 is 1.19 bits per heavy atom. The number of aryl methyl sites for hydroxylation is 2. The van der Waals surface area contributed by atoms with Gasteiger partial charge in [-0.3, -0.25) is 4.79 Å². The molecule has 1 unspecified atom stereocenters. The van der Waals surface area contributed by atoms with Crippen molar-refractivity contribution >= 4 is 16.9 Å². The minimum absolute atomic E-state index is 0.211. The number of hydrogen-bond acceptors (Lipinski definition) is 3. The number of nitrogens with one attached hydrogen (secondary N) is 1. The van der Waals surface area contributed by atoms with Crippen molar-refractivity contribution in [3.8, 4) is 0 Å². The molecule has 0 spiro atoms. The van der Waals surface area contributed by atoms with Crippen molar-refractivity contribution in [1.29, 1.82) is 0 Å². The second-order valence-corrected chi connectivity index (χ2v) is 7.17. The minimum Gasteiger partial charge on any atom is -0.466 e. The Kier molecular flexibility index (Phi) is 6.36. The molecule has 2 heterocycles. The minimum atomic E-state index is -0.211. The van der Waals surface area contributed by atoms with E-state index in [2.05, 4.69) is 28.8 Å². The van der Waals surface area contributed by atoms with E-state index < -0.39 is 0 Å². The predicted octanol–water partition coefficient (Wildman–Crippen LogP) is 5.03. The zero-order valence-electron chi connectivity index (χ0n) is 16.3. The number of H-pyrrole nitrogens is 1. The van der Waals surface area contributed by atoms with Crippen LogP contribution in [0.2, 0.25) is 0 Å². The summed E-state index contributed by atoms with van der Waals surface area (Å²) in [6.45, 7) is 6.77. The molecule has 1 aromatic heterocycles. The summed E-state index contributed by atoms with van der Waals surface area (Å²) in [7, 11) is 0. The Morgan fingerprint density at radius 3 is 2.69 bits per heavy atom. The van der Waals surface area contributed by atoms with Crippen LogP contribution in [0.4, 0.5) is 0 Å². The van der Waals surface area contributed by atoms with E-state index in [1.807, 2.05) is 0 Å². The molecule has 0 bridgehead atoms. The van der Waals surface area contributed by atoms with Crippen LogP contribution in [0.15, 0.2) is 12.1 Å². The normalized spacial score (nSPS) is 18.5. The highest BCUT2D eigenvalue weighted by Gasteiger charge is 2.26. The number of aromatic nitrogens is 1. The summed E-state index contributed by atoms with van der Waals surface area (Å²) in [5.41, 5.74) is 7.46. The summed E-state index contributed by atoms with van der Waals surface area (Å²) in [6.07, 6.45) is 8.84. The highest BCUT2D eigenvalue weighted by molar-refractivity contribution is 5.89. The third-order valence-corrected chi connectivity index (χ3v) is 5.33. The van der Waals surface area contributed by atoms with Crippen LogP contribution in [0.3, 0.4) is 0 Å². The Morgan fingerprint density at radius 2 is 2.00 bits per heavy atom. The van der Waals surface area contributed by atoms with E-state index in [1.54, 1.807) is 18.1 Å². The number of fused-ring (bicyclic) bond motifs is 5. The number of hydrogen-bond donors (Lipinski definition) is 1. The average molecular weight is 357 g/mol. The molecular weight excluding hydrogens is 326 g/mol. The molecule has 1 N–H and O–H groups in total. The van der Waals surface area contributed by atoms with E-state index in [0.717, 1.165) is 19.4 Å². The van der Waals surface area contributed by atoms with Crippen molar-refractivity contribution in [1.82, 2.24) is 4.98 Å². The van der Waals surface area contributed by atoms with Crippen molar-refractivity contribution in [3.63, 3.8) is 0 Å². The maximum atomic E-state index is 9.82. The van der Waals surface area contributed by atoms with Gasteiger partial charge in [0, 0.05) is 23.5 Å². The Labute approximate surface area is 156 Å². The number of carbonyl (C=O) groups excluding carboxylic acids is 1. The molecule has 0 fully saturated rings. The quantitative estimate of drug-likeness (QED) is 0.784. The molecule has 0 radical (unpaired) electrons. The molecule has 4 rings (SSSR count). The van der Waals surface area contributed by atoms with Gasteiger partial charge in [0.1, 0.15) is 0 Å². The highest BCUT2D eigenvalue weighted by atomic mass is 16.5. The number of aromatic amines is 1. The molecule has 1 aromatic carbocycles. The molecular formula is C22H31NO3. The first kappa shape index (κ1) is 19.0. The average Bonchev–Trinajstić information content (AvgIpc) is 3.03. The van der Waals surface area contributed by atoms with Gasteiger partial charge in [0.05, 0.1) is 19.3 Å². The van der Waals surface area contributed by atoms with E-state index in [4.69, 9.17) is 4.74 Å². The van der Waals surface area contributed by atoms with Crippen LogP contribution < -0.4 is 0 Å². The monoisotopic (exact) mass is 357 g/mol. The smallest absolute Gasteiger partial charge is 0.302 e. The van der Waals surface area contributed by atoms with Crippen LogP contribution in [0, 0.1) is 0 Å². The Hall–Kier alpha value is -1.81. The van der Waals surface area contributed by atoms with Crippen LogP contribution in [0.25, 0.3) is 10.9 Å². The Bertz CT molecular complexity index is 762. The van der Waals surface area contributed by atoms with E-state index in [0.29, 0.717) is 6.61 Å². The zero-order chi connectivity index (χ0) is 18.5. The molecule has 26 heavy (non-hydrogen) atoms. The zero-order valence-corrected chi connectivity index (χ0v) is 16.3. The highest BCUT2D eigenvalue weighted by Crippen LogP contribution is 2.38. The lowest BCUT2D eigenvalue weighted by molar-refractivity contribution is -0.140. The fraction of sp³-hybridized carbons (Fsp3) is 0.591. The van der Waals surface area contributed by atoms with Crippen LogP contribution in [0.1, 0.15) is 74.9 Å². The van der Waals surface area contributed by atoms with Gasteiger partial charge in [0.25, 0.3) is 0 Å². The lowest BCUT2D eigenvalue weighted by Crippen LogP contribution is -2.15. The lowest BCUT2D eigenvalue weighted by Gasteiger charge is -2.22. The van der Waals surface area contributed by atoms with Crippen LogP contribution in [-0.2, 0) is 33.5 Å². The van der Waals surface area contributed by atoms with Crippen molar-refractivity contribution in [2.75, 3.05) is 13.2 Å². The van der Waals surface area contributed by atoms with Crippen molar-refractivity contribution in [3.05, 3.63) is 34.5 Å². The van der Waals surface area contributed by atoms with Crippen LogP contribution in [0.5, 0.6) is 0 Å². The van der Waals surface area contributed by atoms with Gasteiger partial charge in [-0.2, -0.15) is 0 Å². The summed E-state index contributed by atoms with van der Waals surface area (Å²) >= 11 is 0. The number of esters is 1. The third kappa shape index (κ3) is 3.96. The standard InChI is InChI=1S/C18H23NO.C4H8O2/c1-2-5-16-18-15(10-11-20-16)14-9-8-12-6-3-4-7-13(12)17(14)19-18;1-3-6-4(2)5/h8-9,16,19H,2-7,10-11H2,1H3;3H2,1-2H3. The third-order valence-electron chi connectivity index (χ3n) is 5.33. The van der Waals surface area contributed by atoms with Gasteiger partial charge < -0.3 is 14.5 Å². The number of rotatable bonds is 3. The summed E-state index contributed by atoms with van der Waals surface area (Å²) in [6, 6.07) is 4.72. The van der Waals surface area contributed by atoms with Crippen LogP contribution in [-0.4, -0.2) is 24.2 Å². The molecule has 4 nitrogen and oxygen atoms in total. The van der Waals surface area contributed by atoms with Gasteiger partial charge in [-0.05, 0) is 62.1 Å². The second-order valence-electron chi connectivity index (χ2n) is 7.17. The maximum Gasteiger partial charge on any atom is 0.302 e. The van der Waals surface area contributed by atoms with Gasteiger partial charge >= 0.3 is 5.97 Å². The van der Waals surface area contributed by atoms with Gasteiger partial charge in [-0.1, -0.05) is 25.5 Å². The Balaban J connectivity index is 0.000000286. The second kappa shape index (κ2) is 8.72. The topological polar surface area (TPSA) is 51.3 Å². The lowest BCUT2D eigenvalue weighted by atomic mass is 9.89. The van der Waals surface area contributed by atoms with E-state index in [1.165, 1.54) is 61.2 Å². The largest absolute Gasteiger partial charge is 0.466 e. The molecule has 2 aliphatic rings. The SMILES string of the molecule is CCCC1OCCc2c1[nH]c1c3c(ccc21)CCCC3.CCOC(C)=O. The molecule has 2 aromatic rings. The first-order valence-electron chi connectivity index (χ1n) is 10.1. The molecule has 142 valence electrons. The number of ether oxygens (including phenoxy) is 2. The van der Waals surface area contributed by atoms with Gasteiger partial charge in [-0.25, -0.2) is 0 Å². The van der Waals surface area contributed by atoms with Crippen molar-refractivity contribution in [2.24, 2.45) is 0 Å². The molecule has 0 saturated heterocycles. The number of benzene rings is 1. The fourth-order valence-electron chi connectivity index (χ4n) is 4.20. The molecule has 1 aliphatic heterocycles. The number of carbonyl (C=O) groups is 1. The fourth-order valence-corrected chi connectivity index (χ4v) is 4.20. The molecule has 1 aliphatic carbocycles. The van der Waals surface area contributed by atoms with Gasteiger partial charge in [0.15, 0.2) is 0 Å². The van der Waals surface area contributed by atoms with Crippen LogP contribution >= 0.6 is 0 Å². The summed E-state index contributed by atoms with van der Waals surface area (Å²) in [4.78, 5) is 13.6. The first-order chi connectivity index (χ1) is 12.7. The van der Waals surface area contributed by atoms with Crippen molar-refractivity contribution in [2.45, 2.75) is 71.8 Å². The predicted molar refractivity (Wildman–Crippen MR) is 105 cm³/mol. The summed E-state index contributed by atoms with van der Waals surface area (Å²) in [5, 5.41) is 1.46. The van der Waals surface area contributed by atoms with E-state index in [9.17, 15) is 4.79 Å². The van der Waals surface area contributed by atoms with Crippen molar-refractivity contribution < 1.29 is 14.3 Å². The van der Waals surface area contributed by atoms with Gasteiger partial charge in [-0.15, -0.1) is 0 Å². The van der Waals surface area contributed by atoms with E-state index in [-0.39, 0.29) is 12.1 Å². The maximum absolute atomic E-state index is 9.82. The molecule has 4 heteroatoms.